The van der Waals surface area contributed by atoms with Crippen LogP contribution < -0.4 is 5.73 Å². The van der Waals surface area contributed by atoms with Gasteiger partial charge in [-0.1, -0.05) is 0 Å². The highest BCUT2D eigenvalue weighted by Gasteiger charge is 2.31. The topological polar surface area (TPSA) is 101 Å². The molecule has 1 amide bonds. The summed E-state index contributed by atoms with van der Waals surface area (Å²) in [4.78, 5) is 24.7. The van der Waals surface area contributed by atoms with Crippen LogP contribution in [0.5, 0.6) is 0 Å². The van der Waals surface area contributed by atoms with Crippen molar-refractivity contribution in [2.75, 3.05) is 6.54 Å². The second kappa shape index (κ2) is 6.04. The van der Waals surface area contributed by atoms with E-state index in [1.165, 1.54) is 4.90 Å². The zero-order valence-corrected chi connectivity index (χ0v) is 12.3. The number of aromatic nitrogens is 2. The number of carbonyl (C=O) groups is 2. The Labute approximate surface area is 118 Å². The van der Waals surface area contributed by atoms with E-state index in [9.17, 15) is 9.59 Å². The second-order valence-electron chi connectivity index (χ2n) is 5.73. The lowest BCUT2D eigenvalue weighted by atomic mass is 10.0. The molecule has 0 aromatic carbocycles. The highest BCUT2D eigenvalue weighted by Crippen LogP contribution is 2.20. The maximum atomic E-state index is 12.5. The van der Waals surface area contributed by atoms with Crippen LogP contribution in [0.4, 0.5) is 0 Å². The zero-order chi connectivity index (χ0) is 15.5. The molecule has 0 spiro atoms. The van der Waals surface area contributed by atoms with Gasteiger partial charge in [0, 0.05) is 30.9 Å². The number of hydrogen-bond acceptors (Lipinski definition) is 4. The molecule has 1 aromatic heterocycles. The van der Waals surface area contributed by atoms with E-state index in [1.54, 1.807) is 24.1 Å². The smallest absolute Gasteiger partial charge is 0.305 e. The van der Waals surface area contributed by atoms with Crippen molar-refractivity contribution in [1.82, 2.24) is 14.7 Å². The third-order valence-electron chi connectivity index (χ3n) is 2.98. The molecular weight excluding hydrogens is 260 g/mol. The first-order valence-corrected chi connectivity index (χ1v) is 6.40. The molecule has 1 aromatic rings. The van der Waals surface area contributed by atoms with E-state index in [0.717, 1.165) is 0 Å². The Hall–Kier alpha value is -1.89. The first-order valence-electron chi connectivity index (χ1n) is 6.40. The Kier molecular flexibility index (Phi) is 4.88. The van der Waals surface area contributed by atoms with Crippen LogP contribution in [-0.4, -0.2) is 43.7 Å². The van der Waals surface area contributed by atoms with Crippen molar-refractivity contribution < 1.29 is 14.7 Å². The Morgan fingerprint density at radius 2 is 2.10 bits per heavy atom. The summed E-state index contributed by atoms with van der Waals surface area (Å²) in [5.74, 6) is -1.24. The number of amides is 1. The Balaban J connectivity index is 2.90. The van der Waals surface area contributed by atoms with Gasteiger partial charge in [-0.3, -0.25) is 14.3 Å². The van der Waals surface area contributed by atoms with Gasteiger partial charge >= 0.3 is 5.97 Å². The van der Waals surface area contributed by atoms with Crippen molar-refractivity contribution in [2.24, 2.45) is 12.8 Å². The first kappa shape index (κ1) is 16.2. The van der Waals surface area contributed by atoms with Crippen LogP contribution in [0, 0.1) is 0 Å². The van der Waals surface area contributed by atoms with E-state index < -0.39 is 17.6 Å². The van der Waals surface area contributed by atoms with Crippen molar-refractivity contribution in [2.45, 2.75) is 38.8 Å². The van der Waals surface area contributed by atoms with Gasteiger partial charge in [-0.05, 0) is 20.8 Å². The van der Waals surface area contributed by atoms with Crippen molar-refractivity contribution in [3.63, 3.8) is 0 Å². The third-order valence-corrected chi connectivity index (χ3v) is 2.98. The van der Waals surface area contributed by atoms with Crippen LogP contribution in [-0.2, 0) is 16.6 Å². The van der Waals surface area contributed by atoms with Gasteiger partial charge in [0.25, 0.3) is 0 Å². The molecule has 0 saturated heterocycles. The van der Waals surface area contributed by atoms with Gasteiger partial charge in [0.15, 0.2) is 0 Å². The molecule has 1 unspecified atom stereocenters. The fourth-order valence-corrected chi connectivity index (χ4v) is 1.89. The lowest BCUT2D eigenvalue weighted by Crippen LogP contribution is -2.50. The molecule has 0 aliphatic carbocycles. The number of carboxylic acid groups (broad SMARTS) is 1. The molecule has 1 heterocycles. The molecule has 0 radical (unpaired) electrons. The van der Waals surface area contributed by atoms with Crippen LogP contribution >= 0.6 is 0 Å². The quantitative estimate of drug-likeness (QED) is 0.820. The van der Waals surface area contributed by atoms with E-state index in [0.29, 0.717) is 5.56 Å². The molecule has 1 atom stereocenters. The van der Waals surface area contributed by atoms with Crippen LogP contribution in [0.15, 0.2) is 12.4 Å². The molecular formula is C13H22N4O3. The summed E-state index contributed by atoms with van der Waals surface area (Å²) in [6.45, 7) is 5.68. The Bertz CT molecular complexity index is 490. The number of nitrogens with two attached hydrogens (primary N) is 1. The largest absolute Gasteiger partial charge is 0.481 e. The van der Waals surface area contributed by atoms with E-state index in [4.69, 9.17) is 10.8 Å². The molecule has 112 valence electrons. The van der Waals surface area contributed by atoms with Crippen LogP contribution in [0.2, 0.25) is 0 Å². The van der Waals surface area contributed by atoms with Gasteiger partial charge in [0.2, 0.25) is 5.91 Å². The highest BCUT2D eigenvalue weighted by atomic mass is 16.4. The van der Waals surface area contributed by atoms with Crippen molar-refractivity contribution in [3.8, 4) is 0 Å². The third kappa shape index (κ3) is 4.06. The molecule has 3 N–H and O–H groups in total. The maximum Gasteiger partial charge on any atom is 0.305 e. The van der Waals surface area contributed by atoms with Crippen LogP contribution in [0.25, 0.3) is 0 Å². The van der Waals surface area contributed by atoms with Gasteiger partial charge in [-0.2, -0.15) is 5.10 Å². The molecule has 7 nitrogen and oxygen atoms in total. The standard InChI is InChI=1S/C13H22N4O3/c1-13(2,3)17(6-5-10(18)19)12(20)11(14)9-7-15-16(4)8-9/h7-8,11H,5-6,14H2,1-4H3,(H,18,19). The molecule has 20 heavy (non-hydrogen) atoms. The summed E-state index contributed by atoms with van der Waals surface area (Å²) in [7, 11) is 1.74. The summed E-state index contributed by atoms with van der Waals surface area (Å²) in [6, 6.07) is -0.836. The molecule has 0 fully saturated rings. The number of rotatable bonds is 5. The van der Waals surface area contributed by atoms with E-state index in [1.807, 2.05) is 20.8 Å². The monoisotopic (exact) mass is 282 g/mol. The molecule has 1 rings (SSSR count). The summed E-state index contributed by atoms with van der Waals surface area (Å²) >= 11 is 0. The van der Waals surface area contributed by atoms with Crippen LogP contribution in [0.1, 0.15) is 38.8 Å². The average Bonchev–Trinajstić information content (AvgIpc) is 2.72. The second-order valence-corrected chi connectivity index (χ2v) is 5.73. The predicted molar refractivity (Wildman–Crippen MR) is 73.9 cm³/mol. The lowest BCUT2D eigenvalue weighted by Gasteiger charge is -2.37. The minimum atomic E-state index is -0.943. The molecule has 7 heteroatoms. The highest BCUT2D eigenvalue weighted by molar-refractivity contribution is 5.84. The molecule has 0 aliphatic heterocycles. The number of nitrogens with zero attached hydrogens (tertiary/aromatic N) is 3. The summed E-state index contributed by atoms with van der Waals surface area (Å²) in [5.41, 5.74) is 6.08. The predicted octanol–water partition coefficient (Wildman–Crippen LogP) is 0.522. The fourth-order valence-electron chi connectivity index (χ4n) is 1.89. The van der Waals surface area contributed by atoms with Gasteiger partial charge in [0.1, 0.15) is 6.04 Å². The minimum absolute atomic E-state index is 0.108. The summed E-state index contributed by atoms with van der Waals surface area (Å²) < 4.78 is 1.57. The van der Waals surface area contributed by atoms with Gasteiger partial charge in [0.05, 0.1) is 12.6 Å². The van der Waals surface area contributed by atoms with Gasteiger partial charge in [-0.15, -0.1) is 0 Å². The maximum absolute atomic E-state index is 12.5. The SMILES string of the molecule is Cn1cc(C(N)C(=O)N(CCC(=O)O)C(C)(C)C)cn1. The van der Waals surface area contributed by atoms with E-state index in [2.05, 4.69) is 5.10 Å². The summed E-state index contributed by atoms with van der Waals surface area (Å²) in [5, 5.41) is 12.8. The normalized spacial score (nSPS) is 13.1. The molecule has 0 bridgehead atoms. The summed E-state index contributed by atoms with van der Waals surface area (Å²) in [6.07, 6.45) is 3.12. The van der Waals surface area contributed by atoms with Crippen LogP contribution in [0.3, 0.4) is 0 Å². The Morgan fingerprint density at radius 3 is 2.50 bits per heavy atom. The number of aryl methyl sites for hydroxylation is 1. The number of hydrogen-bond donors (Lipinski definition) is 2. The van der Waals surface area contributed by atoms with Gasteiger partial charge < -0.3 is 15.7 Å². The number of carbonyl (C=O) groups excluding carboxylic acids is 1. The number of carboxylic acids is 1. The van der Waals surface area contributed by atoms with E-state index >= 15 is 0 Å². The minimum Gasteiger partial charge on any atom is -0.481 e. The van der Waals surface area contributed by atoms with E-state index in [-0.39, 0.29) is 18.9 Å². The van der Waals surface area contributed by atoms with Crippen molar-refractivity contribution >= 4 is 11.9 Å². The zero-order valence-electron chi connectivity index (χ0n) is 12.3. The molecule has 0 saturated carbocycles. The van der Waals surface area contributed by atoms with Gasteiger partial charge in [-0.25, -0.2) is 0 Å². The Morgan fingerprint density at radius 1 is 1.50 bits per heavy atom. The van der Waals surface area contributed by atoms with Crippen molar-refractivity contribution in [1.29, 1.82) is 0 Å². The first-order chi connectivity index (χ1) is 9.12. The molecule has 0 aliphatic rings. The van der Waals surface area contributed by atoms with Crippen molar-refractivity contribution in [3.05, 3.63) is 18.0 Å². The average molecular weight is 282 g/mol. The fraction of sp³-hybridized carbons (Fsp3) is 0.615. The number of aliphatic carboxylic acids is 1. The lowest BCUT2D eigenvalue weighted by molar-refractivity contribution is -0.141.